The molecule has 1 aromatic heterocycles. The van der Waals surface area contributed by atoms with E-state index in [1.807, 2.05) is 13.8 Å². The van der Waals surface area contributed by atoms with Crippen LogP contribution in [-0.2, 0) is 15.8 Å². The topological polar surface area (TPSA) is 74.2 Å². The first-order valence-corrected chi connectivity index (χ1v) is 7.29. The highest BCUT2D eigenvalue weighted by Crippen LogP contribution is 2.40. The molecule has 19 heavy (non-hydrogen) atoms. The van der Waals surface area contributed by atoms with Gasteiger partial charge in [-0.15, -0.1) is 0 Å². The van der Waals surface area contributed by atoms with Gasteiger partial charge >= 0.3 is 0 Å². The predicted molar refractivity (Wildman–Crippen MR) is 72.8 cm³/mol. The second kappa shape index (κ2) is 5.59. The van der Waals surface area contributed by atoms with Crippen molar-refractivity contribution in [2.45, 2.75) is 63.9 Å². The fourth-order valence-electron chi connectivity index (χ4n) is 2.85. The molecule has 108 valence electrons. The van der Waals surface area contributed by atoms with Crippen molar-refractivity contribution in [1.82, 2.24) is 10.1 Å². The average molecular weight is 267 g/mol. The minimum atomic E-state index is -0.467. The molecule has 0 saturated heterocycles. The minimum absolute atomic E-state index is 0.105. The van der Waals surface area contributed by atoms with Gasteiger partial charge in [0.25, 0.3) is 0 Å². The van der Waals surface area contributed by atoms with Gasteiger partial charge < -0.3 is 15.0 Å². The average Bonchev–Trinajstić information content (AvgIpc) is 3.08. The van der Waals surface area contributed by atoms with E-state index in [2.05, 4.69) is 17.1 Å². The van der Waals surface area contributed by atoms with E-state index in [1.165, 1.54) is 12.8 Å². The summed E-state index contributed by atoms with van der Waals surface area (Å²) in [7, 11) is 0. The Bertz CT molecular complexity index is 413. The lowest BCUT2D eigenvalue weighted by atomic mass is 9.86. The Morgan fingerprint density at radius 1 is 1.37 bits per heavy atom. The van der Waals surface area contributed by atoms with Gasteiger partial charge in [-0.05, 0) is 33.1 Å². The molecular formula is C14H25N3O2. The Labute approximate surface area is 114 Å². The Kier molecular flexibility index (Phi) is 4.26. The lowest BCUT2D eigenvalue weighted by Crippen LogP contribution is -2.33. The largest absolute Gasteiger partial charge is 0.367 e. The van der Waals surface area contributed by atoms with E-state index in [-0.39, 0.29) is 5.41 Å². The molecule has 0 spiro atoms. The molecular weight excluding hydrogens is 242 g/mol. The molecule has 2 N–H and O–H groups in total. The van der Waals surface area contributed by atoms with Crippen LogP contribution in [0, 0.1) is 0 Å². The summed E-state index contributed by atoms with van der Waals surface area (Å²) in [5, 5.41) is 4.15. The fourth-order valence-corrected chi connectivity index (χ4v) is 2.85. The summed E-state index contributed by atoms with van der Waals surface area (Å²) < 4.78 is 11.3. The molecule has 0 aliphatic heterocycles. The van der Waals surface area contributed by atoms with E-state index >= 15 is 0 Å². The molecule has 1 aliphatic rings. The van der Waals surface area contributed by atoms with Crippen molar-refractivity contribution in [3.05, 3.63) is 11.7 Å². The zero-order valence-electron chi connectivity index (χ0n) is 12.2. The molecule has 0 bridgehead atoms. The van der Waals surface area contributed by atoms with Crippen molar-refractivity contribution in [1.29, 1.82) is 0 Å². The number of hydrogen-bond donors (Lipinski definition) is 1. The molecule has 5 nitrogen and oxygen atoms in total. The fraction of sp³-hybridized carbons (Fsp3) is 0.857. The van der Waals surface area contributed by atoms with Crippen LogP contribution in [0.5, 0.6) is 0 Å². The van der Waals surface area contributed by atoms with Crippen molar-refractivity contribution in [2.75, 3.05) is 13.2 Å². The molecule has 2 rings (SSSR count). The third kappa shape index (κ3) is 2.54. The van der Waals surface area contributed by atoms with Crippen molar-refractivity contribution in [3.8, 4) is 0 Å². The minimum Gasteiger partial charge on any atom is -0.367 e. The first-order valence-electron chi connectivity index (χ1n) is 7.29. The number of aromatic nitrogens is 2. The Morgan fingerprint density at radius 2 is 2.05 bits per heavy atom. The van der Waals surface area contributed by atoms with Crippen LogP contribution in [0.4, 0.5) is 0 Å². The van der Waals surface area contributed by atoms with Gasteiger partial charge in [0.15, 0.2) is 0 Å². The maximum Gasteiger partial charge on any atom is 0.234 e. The highest BCUT2D eigenvalue weighted by atomic mass is 16.5. The molecule has 1 saturated carbocycles. The second-order valence-electron chi connectivity index (χ2n) is 5.63. The van der Waals surface area contributed by atoms with Crippen LogP contribution in [0.2, 0.25) is 0 Å². The van der Waals surface area contributed by atoms with E-state index in [9.17, 15) is 0 Å². The molecule has 1 atom stereocenters. The summed E-state index contributed by atoms with van der Waals surface area (Å²) >= 11 is 0. The quantitative estimate of drug-likeness (QED) is 0.857. The number of rotatable bonds is 6. The van der Waals surface area contributed by atoms with Gasteiger partial charge in [-0.2, -0.15) is 4.98 Å². The van der Waals surface area contributed by atoms with Crippen LogP contribution in [0.3, 0.4) is 0 Å². The summed E-state index contributed by atoms with van der Waals surface area (Å²) in [6.07, 6.45) is 5.28. The number of nitrogens with two attached hydrogens (primary N) is 1. The summed E-state index contributed by atoms with van der Waals surface area (Å²) in [4.78, 5) is 4.61. The van der Waals surface area contributed by atoms with Crippen LogP contribution < -0.4 is 5.73 Å². The van der Waals surface area contributed by atoms with Crippen molar-refractivity contribution < 1.29 is 9.26 Å². The highest BCUT2D eigenvalue weighted by Gasteiger charge is 2.41. The van der Waals surface area contributed by atoms with Gasteiger partial charge in [-0.3, -0.25) is 0 Å². The molecule has 1 fully saturated rings. The van der Waals surface area contributed by atoms with Crippen LogP contribution in [0.25, 0.3) is 0 Å². The van der Waals surface area contributed by atoms with Crippen molar-refractivity contribution in [2.24, 2.45) is 5.73 Å². The standard InChI is InChI=1S/C14H25N3O2/c1-4-13(3,18-5-2)11-16-12(19-17-11)14(10-15)8-6-7-9-14/h4-10,15H2,1-3H3. The van der Waals surface area contributed by atoms with E-state index in [0.717, 1.165) is 19.3 Å². The van der Waals surface area contributed by atoms with Gasteiger partial charge in [0.2, 0.25) is 11.7 Å². The van der Waals surface area contributed by atoms with Gasteiger partial charge in [0.1, 0.15) is 5.60 Å². The lowest BCUT2D eigenvalue weighted by Gasteiger charge is -2.24. The Morgan fingerprint density at radius 3 is 2.58 bits per heavy atom. The van der Waals surface area contributed by atoms with Crippen molar-refractivity contribution >= 4 is 0 Å². The normalized spacial score (nSPS) is 21.5. The summed E-state index contributed by atoms with van der Waals surface area (Å²) in [6.45, 7) is 7.27. The van der Waals surface area contributed by atoms with E-state index < -0.39 is 5.60 Å². The molecule has 1 aromatic rings. The zero-order valence-corrected chi connectivity index (χ0v) is 12.2. The first-order chi connectivity index (χ1) is 9.10. The monoisotopic (exact) mass is 267 g/mol. The smallest absolute Gasteiger partial charge is 0.234 e. The predicted octanol–water partition coefficient (Wildman–Crippen LogP) is 2.50. The maximum atomic E-state index is 5.95. The van der Waals surface area contributed by atoms with Gasteiger partial charge in [0.05, 0.1) is 5.41 Å². The Balaban J connectivity index is 2.27. The number of hydrogen-bond acceptors (Lipinski definition) is 5. The van der Waals surface area contributed by atoms with Crippen LogP contribution in [0.1, 0.15) is 64.6 Å². The third-order valence-electron chi connectivity index (χ3n) is 4.44. The van der Waals surface area contributed by atoms with Gasteiger partial charge in [0, 0.05) is 13.2 Å². The van der Waals surface area contributed by atoms with Crippen LogP contribution in [0.15, 0.2) is 4.52 Å². The molecule has 1 unspecified atom stereocenters. The Hall–Kier alpha value is -0.940. The first kappa shape index (κ1) is 14.5. The zero-order chi connectivity index (χ0) is 13.9. The molecule has 0 radical (unpaired) electrons. The number of ether oxygens (including phenoxy) is 1. The van der Waals surface area contributed by atoms with E-state index in [0.29, 0.717) is 24.9 Å². The summed E-state index contributed by atoms with van der Waals surface area (Å²) in [5.41, 5.74) is 5.38. The van der Waals surface area contributed by atoms with Crippen LogP contribution >= 0.6 is 0 Å². The van der Waals surface area contributed by atoms with E-state index in [4.69, 9.17) is 15.0 Å². The molecule has 1 aliphatic carbocycles. The molecule has 1 heterocycles. The molecule has 5 heteroatoms. The molecule has 0 aromatic carbocycles. The maximum absolute atomic E-state index is 5.95. The lowest BCUT2D eigenvalue weighted by molar-refractivity contribution is -0.0403. The van der Waals surface area contributed by atoms with E-state index in [1.54, 1.807) is 0 Å². The third-order valence-corrected chi connectivity index (χ3v) is 4.44. The SMILES string of the molecule is CCOC(C)(CC)c1noc(C2(CN)CCCC2)n1. The number of nitrogens with zero attached hydrogens (tertiary/aromatic N) is 2. The van der Waals surface area contributed by atoms with Crippen LogP contribution in [-0.4, -0.2) is 23.3 Å². The summed E-state index contributed by atoms with van der Waals surface area (Å²) in [6, 6.07) is 0. The highest BCUT2D eigenvalue weighted by molar-refractivity contribution is 5.11. The van der Waals surface area contributed by atoms with Gasteiger partial charge in [-0.1, -0.05) is 24.9 Å². The molecule has 0 amide bonds. The second-order valence-corrected chi connectivity index (χ2v) is 5.63. The summed E-state index contributed by atoms with van der Waals surface area (Å²) in [5.74, 6) is 1.34. The van der Waals surface area contributed by atoms with Crippen molar-refractivity contribution in [3.63, 3.8) is 0 Å². The van der Waals surface area contributed by atoms with Gasteiger partial charge in [-0.25, -0.2) is 0 Å².